The number of aryl methyl sites for hydroxylation is 1. The molecular weight excluding hydrogens is 172 g/mol. The molecule has 1 heteroatoms. The molecule has 0 saturated heterocycles. The van der Waals surface area contributed by atoms with Crippen LogP contribution in [0.2, 0.25) is 0 Å². The average Bonchev–Trinajstić information content (AvgIpc) is 2.73. The molecule has 0 radical (unpaired) electrons. The van der Waals surface area contributed by atoms with E-state index in [0.29, 0.717) is 5.78 Å². The number of carbonyl (C=O) groups excluding carboxylic acids is 1. The van der Waals surface area contributed by atoms with E-state index in [1.54, 1.807) is 0 Å². The van der Waals surface area contributed by atoms with Crippen LogP contribution in [0.25, 0.3) is 0 Å². The molecule has 0 amide bonds. The maximum absolute atomic E-state index is 11.8. The summed E-state index contributed by atoms with van der Waals surface area (Å²) in [6.45, 7) is 2.05. The molecule has 3 rings (SSSR count). The van der Waals surface area contributed by atoms with Crippen molar-refractivity contribution in [2.24, 2.45) is 5.92 Å². The number of hydrogen-bond donors (Lipinski definition) is 0. The van der Waals surface area contributed by atoms with Crippen molar-refractivity contribution in [3.8, 4) is 0 Å². The highest BCUT2D eigenvalue weighted by atomic mass is 16.1. The standard InChI is InChI=1S/C13H14O/c1-8-7-12-10-4-2-3-9(10)5-6-11(12)13(8)14/h5-6,8H,2-4,7H2,1H3. The summed E-state index contributed by atoms with van der Waals surface area (Å²) in [6, 6.07) is 4.21. The van der Waals surface area contributed by atoms with Crippen LogP contribution in [0.4, 0.5) is 0 Å². The highest BCUT2D eigenvalue weighted by molar-refractivity contribution is 6.02. The average molecular weight is 186 g/mol. The van der Waals surface area contributed by atoms with Gasteiger partial charge < -0.3 is 0 Å². The highest BCUT2D eigenvalue weighted by Crippen LogP contribution is 2.35. The van der Waals surface area contributed by atoms with E-state index in [0.717, 1.165) is 12.0 Å². The van der Waals surface area contributed by atoms with Crippen molar-refractivity contribution in [3.63, 3.8) is 0 Å². The summed E-state index contributed by atoms with van der Waals surface area (Å²) in [7, 11) is 0. The Kier molecular flexibility index (Phi) is 1.58. The van der Waals surface area contributed by atoms with Crippen molar-refractivity contribution in [2.75, 3.05) is 0 Å². The number of Topliss-reactive ketones (excluding diaryl/α,β-unsaturated/α-hetero) is 1. The van der Waals surface area contributed by atoms with Crippen LogP contribution in [0.5, 0.6) is 0 Å². The van der Waals surface area contributed by atoms with Gasteiger partial charge in [0, 0.05) is 11.5 Å². The van der Waals surface area contributed by atoms with Gasteiger partial charge in [-0.25, -0.2) is 0 Å². The van der Waals surface area contributed by atoms with Gasteiger partial charge in [-0.1, -0.05) is 19.1 Å². The van der Waals surface area contributed by atoms with E-state index in [9.17, 15) is 4.79 Å². The summed E-state index contributed by atoms with van der Waals surface area (Å²) in [4.78, 5) is 11.8. The van der Waals surface area contributed by atoms with E-state index in [4.69, 9.17) is 0 Å². The van der Waals surface area contributed by atoms with Gasteiger partial charge in [-0.15, -0.1) is 0 Å². The quantitative estimate of drug-likeness (QED) is 0.608. The van der Waals surface area contributed by atoms with E-state index in [-0.39, 0.29) is 5.92 Å². The zero-order valence-corrected chi connectivity index (χ0v) is 8.47. The molecule has 1 nitrogen and oxygen atoms in total. The van der Waals surface area contributed by atoms with Gasteiger partial charge in [-0.05, 0) is 42.4 Å². The van der Waals surface area contributed by atoms with Crippen molar-refractivity contribution >= 4 is 5.78 Å². The SMILES string of the molecule is CC1Cc2c(ccc3c2CCC3)C1=O. The maximum Gasteiger partial charge on any atom is 0.166 e. The topological polar surface area (TPSA) is 17.1 Å². The van der Waals surface area contributed by atoms with Gasteiger partial charge in [-0.3, -0.25) is 4.79 Å². The van der Waals surface area contributed by atoms with Gasteiger partial charge in [0.15, 0.2) is 5.78 Å². The minimum absolute atomic E-state index is 0.220. The molecule has 14 heavy (non-hydrogen) atoms. The van der Waals surface area contributed by atoms with Crippen molar-refractivity contribution in [3.05, 3.63) is 34.4 Å². The van der Waals surface area contributed by atoms with Crippen LogP contribution in [0.15, 0.2) is 12.1 Å². The van der Waals surface area contributed by atoms with E-state index >= 15 is 0 Å². The third-order valence-electron chi connectivity index (χ3n) is 3.62. The first-order chi connectivity index (χ1) is 6.77. The fourth-order valence-corrected chi connectivity index (χ4v) is 2.87. The number of hydrogen-bond acceptors (Lipinski definition) is 1. The zero-order valence-electron chi connectivity index (χ0n) is 8.47. The number of rotatable bonds is 0. The lowest BCUT2D eigenvalue weighted by atomic mass is 9.99. The second-order valence-electron chi connectivity index (χ2n) is 4.55. The largest absolute Gasteiger partial charge is 0.294 e. The lowest BCUT2D eigenvalue weighted by Crippen LogP contribution is -2.02. The van der Waals surface area contributed by atoms with Crippen LogP contribution in [-0.2, 0) is 19.3 Å². The van der Waals surface area contributed by atoms with Gasteiger partial charge in [0.25, 0.3) is 0 Å². The molecule has 0 aliphatic heterocycles. The first-order valence-electron chi connectivity index (χ1n) is 5.45. The summed E-state index contributed by atoms with van der Waals surface area (Å²) in [5, 5.41) is 0. The minimum Gasteiger partial charge on any atom is -0.294 e. The van der Waals surface area contributed by atoms with Crippen LogP contribution in [-0.4, -0.2) is 5.78 Å². The lowest BCUT2D eigenvalue weighted by molar-refractivity contribution is 0.0946. The predicted octanol–water partition coefficient (Wildman–Crippen LogP) is 2.55. The Bertz CT molecular complexity index is 417. The molecule has 0 heterocycles. The van der Waals surface area contributed by atoms with Crippen molar-refractivity contribution in [2.45, 2.75) is 32.6 Å². The Morgan fingerprint density at radius 2 is 2.07 bits per heavy atom. The lowest BCUT2D eigenvalue weighted by Gasteiger charge is -2.05. The van der Waals surface area contributed by atoms with Gasteiger partial charge in [0.1, 0.15) is 0 Å². The molecule has 2 aliphatic rings. The third kappa shape index (κ3) is 0.927. The van der Waals surface area contributed by atoms with Crippen LogP contribution in [0, 0.1) is 5.92 Å². The first-order valence-corrected chi connectivity index (χ1v) is 5.45. The molecule has 0 aromatic heterocycles. The Morgan fingerprint density at radius 3 is 2.93 bits per heavy atom. The van der Waals surface area contributed by atoms with E-state index in [1.807, 2.05) is 13.0 Å². The molecule has 1 aromatic carbocycles. The fraction of sp³-hybridized carbons (Fsp3) is 0.462. The molecule has 0 fully saturated rings. The summed E-state index contributed by atoms with van der Waals surface area (Å²) in [5.74, 6) is 0.576. The second kappa shape index (κ2) is 2.69. The normalized spacial score (nSPS) is 23.8. The van der Waals surface area contributed by atoms with Crippen molar-refractivity contribution in [1.29, 1.82) is 0 Å². The molecule has 1 unspecified atom stereocenters. The fourth-order valence-electron chi connectivity index (χ4n) is 2.87. The summed E-state index contributed by atoms with van der Waals surface area (Å²) < 4.78 is 0. The molecule has 0 spiro atoms. The van der Waals surface area contributed by atoms with Crippen LogP contribution in [0.3, 0.4) is 0 Å². The van der Waals surface area contributed by atoms with Crippen LogP contribution in [0.1, 0.15) is 40.4 Å². The monoisotopic (exact) mass is 186 g/mol. The van der Waals surface area contributed by atoms with Gasteiger partial charge in [0.2, 0.25) is 0 Å². The first kappa shape index (κ1) is 8.22. The van der Waals surface area contributed by atoms with Crippen LogP contribution >= 0.6 is 0 Å². The molecule has 0 N–H and O–H groups in total. The van der Waals surface area contributed by atoms with E-state index in [2.05, 4.69) is 6.07 Å². The summed E-state index contributed by atoms with van der Waals surface area (Å²) >= 11 is 0. The molecular formula is C13H14O. The van der Waals surface area contributed by atoms with Crippen LogP contribution < -0.4 is 0 Å². The van der Waals surface area contributed by atoms with Gasteiger partial charge in [0.05, 0.1) is 0 Å². The van der Waals surface area contributed by atoms with E-state index in [1.165, 1.54) is 36.0 Å². The van der Waals surface area contributed by atoms with Crippen molar-refractivity contribution < 1.29 is 4.79 Å². The Hall–Kier alpha value is -1.11. The zero-order chi connectivity index (χ0) is 9.71. The molecule has 1 atom stereocenters. The molecule has 0 saturated carbocycles. The molecule has 0 bridgehead atoms. The Morgan fingerprint density at radius 1 is 1.21 bits per heavy atom. The Balaban J connectivity index is 2.22. The smallest absolute Gasteiger partial charge is 0.166 e. The second-order valence-corrected chi connectivity index (χ2v) is 4.55. The minimum atomic E-state index is 0.220. The predicted molar refractivity (Wildman–Crippen MR) is 55.7 cm³/mol. The van der Waals surface area contributed by atoms with Gasteiger partial charge >= 0.3 is 0 Å². The number of carbonyl (C=O) groups is 1. The van der Waals surface area contributed by atoms with Gasteiger partial charge in [-0.2, -0.15) is 0 Å². The number of benzene rings is 1. The van der Waals surface area contributed by atoms with Crippen molar-refractivity contribution in [1.82, 2.24) is 0 Å². The summed E-state index contributed by atoms with van der Waals surface area (Å²) in [5.41, 5.74) is 5.38. The highest BCUT2D eigenvalue weighted by Gasteiger charge is 2.30. The third-order valence-corrected chi connectivity index (χ3v) is 3.62. The number of fused-ring (bicyclic) bond motifs is 3. The molecule has 72 valence electrons. The summed E-state index contributed by atoms with van der Waals surface area (Å²) in [6.07, 6.45) is 4.66. The molecule has 2 aliphatic carbocycles. The Labute approximate surface area is 84.1 Å². The molecule has 1 aromatic rings. The maximum atomic E-state index is 11.8. The van der Waals surface area contributed by atoms with E-state index < -0.39 is 0 Å². The number of ketones is 1.